The lowest BCUT2D eigenvalue weighted by atomic mass is 10.1. The molecule has 2 amide bonds. The van der Waals surface area contributed by atoms with E-state index in [-0.39, 0.29) is 36.4 Å². The molecule has 6 heteroatoms. The maximum absolute atomic E-state index is 12.6. The fraction of sp³-hybridized carbons (Fsp3) is 0.391. The Morgan fingerprint density at radius 2 is 1.45 bits per heavy atom. The standard InChI is InChI=1S/C23H28N2O4/c1-15(2)28-20-9-5-18(6-10-20)24-23(27)17-13-22(26)25(14-17)19-7-11-21(12-8-19)29-16(3)4/h5-12,15-17H,13-14H2,1-4H3,(H,24,27)/t17-/m1/s1. The van der Waals surface area contributed by atoms with Gasteiger partial charge in [-0.1, -0.05) is 0 Å². The van der Waals surface area contributed by atoms with Gasteiger partial charge in [0.15, 0.2) is 0 Å². The zero-order valence-electron chi connectivity index (χ0n) is 17.3. The van der Waals surface area contributed by atoms with Crippen molar-refractivity contribution in [3.8, 4) is 11.5 Å². The summed E-state index contributed by atoms with van der Waals surface area (Å²) in [6.07, 6.45) is 0.384. The molecule has 0 saturated carbocycles. The van der Waals surface area contributed by atoms with Crippen molar-refractivity contribution in [2.24, 2.45) is 5.92 Å². The average Bonchev–Trinajstić information content (AvgIpc) is 3.05. The molecule has 1 saturated heterocycles. The molecule has 0 spiro atoms. The molecule has 29 heavy (non-hydrogen) atoms. The number of carbonyl (C=O) groups excluding carboxylic acids is 2. The lowest BCUT2D eigenvalue weighted by Crippen LogP contribution is -2.28. The minimum atomic E-state index is -0.388. The van der Waals surface area contributed by atoms with Crippen molar-refractivity contribution >= 4 is 23.2 Å². The van der Waals surface area contributed by atoms with E-state index < -0.39 is 0 Å². The van der Waals surface area contributed by atoms with Crippen LogP contribution < -0.4 is 19.7 Å². The van der Waals surface area contributed by atoms with Crippen LogP contribution in [0, 0.1) is 5.92 Å². The van der Waals surface area contributed by atoms with E-state index in [4.69, 9.17) is 9.47 Å². The van der Waals surface area contributed by atoms with Crippen molar-refractivity contribution in [3.63, 3.8) is 0 Å². The van der Waals surface area contributed by atoms with Gasteiger partial charge in [0, 0.05) is 24.3 Å². The van der Waals surface area contributed by atoms with Gasteiger partial charge < -0.3 is 19.7 Å². The summed E-state index contributed by atoms with van der Waals surface area (Å²) in [4.78, 5) is 26.7. The van der Waals surface area contributed by atoms with E-state index in [1.54, 1.807) is 17.0 Å². The van der Waals surface area contributed by atoms with Crippen LogP contribution in [0.15, 0.2) is 48.5 Å². The van der Waals surface area contributed by atoms with Gasteiger partial charge >= 0.3 is 0 Å². The molecule has 1 aliphatic rings. The minimum absolute atomic E-state index is 0.0524. The molecule has 6 nitrogen and oxygen atoms in total. The minimum Gasteiger partial charge on any atom is -0.491 e. The Bertz CT molecular complexity index is 844. The number of ether oxygens (including phenoxy) is 2. The monoisotopic (exact) mass is 396 g/mol. The number of rotatable bonds is 7. The number of nitrogens with one attached hydrogen (secondary N) is 1. The van der Waals surface area contributed by atoms with Gasteiger partial charge in [-0.25, -0.2) is 0 Å². The highest BCUT2D eigenvalue weighted by atomic mass is 16.5. The summed E-state index contributed by atoms with van der Waals surface area (Å²) in [5.74, 6) is 0.918. The van der Waals surface area contributed by atoms with Crippen LogP contribution in [-0.4, -0.2) is 30.6 Å². The predicted molar refractivity (Wildman–Crippen MR) is 114 cm³/mol. The molecule has 2 aromatic rings. The SMILES string of the molecule is CC(C)Oc1ccc(NC(=O)[C@@H]2CC(=O)N(c3ccc(OC(C)C)cc3)C2)cc1. The molecule has 0 radical (unpaired) electrons. The summed E-state index contributed by atoms with van der Waals surface area (Å²) in [5, 5.41) is 2.89. The molecule has 0 unspecified atom stereocenters. The van der Waals surface area contributed by atoms with Crippen LogP contribution in [0.4, 0.5) is 11.4 Å². The topological polar surface area (TPSA) is 67.9 Å². The van der Waals surface area contributed by atoms with Crippen LogP contribution >= 0.6 is 0 Å². The third-order valence-electron chi connectivity index (χ3n) is 4.51. The van der Waals surface area contributed by atoms with E-state index in [0.29, 0.717) is 12.2 Å². The highest BCUT2D eigenvalue weighted by molar-refractivity contribution is 6.03. The van der Waals surface area contributed by atoms with Crippen LogP contribution in [0.5, 0.6) is 11.5 Å². The lowest BCUT2D eigenvalue weighted by molar-refractivity contribution is -0.122. The van der Waals surface area contributed by atoms with Crippen LogP contribution in [-0.2, 0) is 9.59 Å². The Kier molecular flexibility index (Phi) is 6.42. The van der Waals surface area contributed by atoms with Crippen molar-refractivity contribution in [2.45, 2.75) is 46.3 Å². The molecule has 3 rings (SSSR count). The van der Waals surface area contributed by atoms with Gasteiger partial charge in [0.05, 0.1) is 18.1 Å². The first kappa shape index (κ1) is 20.7. The van der Waals surface area contributed by atoms with Crippen LogP contribution in [0.3, 0.4) is 0 Å². The van der Waals surface area contributed by atoms with Crippen molar-refractivity contribution in [1.29, 1.82) is 0 Å². The van der Waals surface area contributed by atoms with Gasteiger partial charge in [0.1, 0.15) is 11.5 Å². The Balaban J connectivity index is 1.60. The molecule has 1 heterocycles. The number of nitrogens with zero attached hydrogens (tertiary/aromatic N) is 1. The molecule has 1 N–H and O–H groups in total. The molecule has 1 atom stereocenters. The fourth-order valence-corrected chi connectivity index (χ4v) is 3.24. The van der Waals surface area contributed by atoms with Gasteiger partial charge in [-0.3, -0.25) is 9.59 Å². The number of amides is 2. The van der Waals surface area contributed by atoms with Crippen molar-refractivity contribution in [2.75, 3.05) is 16.8 Å². The highest BCUT2D eigenvalue weighted by Gasteiger charge is 2.35. The Hall–Kier alpha value is -3.02. The van der Waals surface area contributed by atoms with E-state index in [9.17, 15) is 9.59 Å². The van der Waals surface area contributed by atoms with Gasteiger partial charge in [0.2, 0.25) is 11.8 Å². The largest absolute Gasteiger partial charge is 0.491 e. The number of anilines is 2. The first-order chi connectivity index (χ1) is 13.8. The second-order valence-corrected chi connectivity index (χ2v) is 7.75. The summed E-state index contributed by atoms with van der Waals surface area (Å²) >= 11 is 0. The summed E-state index contributed by atoms with van der Waals surface area (Å²) < 4.78 is 11.2. The van der Waals surface area contributed by atoms with E-state index in [2.05, 4.69) is 5.32 Å². The second kappa shape index (κ2) is 8.99. The summed E-state index contributed by atoms with van der Waals surface area (Å²) in [5.41, 5.74) is 1.46. The van der Waals surface area contributed by atoms with Crippen LogP contribution in [0.25, 0.3) is 0 Å². The average molecular weight is 396 g/mol. The van der Waals surface area contributed by atoms with Gasteiger partial charge in [0.25, 0.3) is 0 Å². The third-order valence-corrected chi connectivity index (χ3v) is 4.51. The quantitative estimate of drug-likeness (QED) is 0.760. The predicted octanol–water partition coefficient (Wildman–Crippen LogP) is 4.25. The Morgan fingerprint density at radius 3 is 1.97 bits per heavy atom. The molecular formula is C23H28N2O4. The molecule has 154 valence electrons. The van der Waals surface area contributed by atoms with Gasteiger partial charge in [-0.2, -0.15) is 0 Å². The molecule has 1 aliphatic heterocycles. The summed E-state index contributed by atoms with van der Waals surface area (Å²) in [6.45, 7) is 8.22. The lowest BCUT2D eigenvalue weighted by Gasteiger charge is -2.18. The zero-order valence-corrected chi connectivity index (χ0v) is 17.3. The van der Waals surface area contributed by atoms with Crippen molar-refractivity contribution in [3.05, 3.63) is 48.5 Å². The van der Waals surface area contributed by atoms with E-state index >= 15 is 0 Å². The van der Waals surface area contributed by atoms with E-state index in [1.165, 1.54) is 0 Å². The number of hydrogen-bond acceptors (Lipinski definition) is 4. The first-order valence-corrected chi connectivity index (χ1v) is 9.96. The highest BCUT2D eigenvalue weighted by Crippen LogP contribution is 2.28. The molecular weight excluding hydrogens is 368 g/mol. The first-order valence-electron chi connectivity index (χ1n) is 9.96. The number of carbonyl (C=O) groups is 2. The maximum Gasteiger partial charge on any atom is 0.229 e. The third kappa shape index (κ3) is 5.50. The fourth-order valence-electron chi connectivity index (χ4n) is 3.24. The van der Waals surface area contributed by atoms with Crippen molar-refractivity contribution in [1.82, 2.24) is 0 Å². The zero-order chi connectivity index (χ0) is 21.0. The number of hydrogen-bond donors (Lipinski definition) is 1. The molecule has 0 aliphatic carbocycles. The molecule has 1 fully saturated rings. The Morgan fingerprint density at radius 1 is 0.931 bits per heavy atom. The Labute approximate surface area is 171 Å². The molecule has 2 aromatic carbocycles. The van der Waals surface area contributed by atoms with Crippen molar-refractivity contribution < 1.29 is 19.1 Å². The number of benzene rings is 2. The van der Waals surface area contributed by atoms with Crippen LogP contribution in [0.2, 0.25) is 0 Å². The van der Waals surface area contributed by atoms with Gasteiger partial charge in [-0.05, 0) is 76.2 Å². The summed E-state index contributed by atoms with van der Waals surface area (Å²) in [6, 6.07) is 14.6. The smallest absolute Gasteiger partial charge is 0.229 e. The van der Waals surface area contributed by atoms with Crippen LogP contribution in [0.1, 0.15) is 34.1 Å². The van der Waals surface area contributed by atoms with E-state index in [1.807, 2.05) is 64.1 Å². The molecule has 0 aromatic heterocycles. The maximum atomic E-state index is 12.6. The normalized spacial score (nSPS) is 16.4. The molecule has 0 bridgehead atoms. The van der Waals surface area contributed by atoms with Gasteiger partial charge in [-0.15, -0.1) is 0 Å². The summed E-state index contributed by atoms with van der Waals surface area (Å²) in [7, 11) is 0. The second-order valence-electron chi connectivity index (χ2n) is 7.75. The van der Waals surface area contributed by atoms with E-state index in [0.717, 1.165) is 17.2 Å².